The van der Waals surface area contributed by atoms with Gasteiger partial charge in [0, 0.05) is 25.1 Å². The molecular weight excluding hydrogens is 489 g/mol. The average molecular weight is 512 g/mol. The van der Waals surface area contributed by atoms with Crippen LogP contribution >= 0.6 is 23.2 Å². The van der Waals surface area contributed by atoms with Gasteiger partial charge >= 0.3 is 6.03 Å². The summed E-state index contributed by atoms with van der Waals surface area (Å²) in [5.41, 5.74) is 2.47. The molecule has 0 radical (unpaired) electrons. The second-order valence-corrected chi connectivity index (χ2v) is 8.55. The molecule has 0 aliphatic rings. The van der Waals surface area contributed by atoms with E-state index in [2.05, 4.69) is 15.6 Å². The zero-order valence-electron chi connectivity index (χ0n) is 19.0. The molecule has 8 nitrogen and oxygen atoms in total. The minimum absolute atomic E-state index is 0.287. The van der Waals surface area contributed by atoms with E-state index in [9.17, 15) is 9.59 Å². The van der Waals surface area contributed by atoms with Gasteiger partial charge in [-0.15, -0.1) is 0 Å². The number of para-hydroxylation sites is 1. The minimum atomic E-state index is -1.03. The molecule has 0 spiro atoms. The fourth-order valence-corrected chi connectivity index (χ4v) is 4.09. The molecule has 0 saturated heterocycles. The Morgan fingerprint density at radius 1 is 1.06 bits per heavy atom. The number of imidazole rings is 1. The van der Waals surface area contributed by atoms with E-state index in [-0.39, 0.29) is 6.54 Å². The lowest BCUT2D eigenvalue weighted by atomic mass is 10.2. The van der Waals surface area contributed by atoms with Crippen molar-refractivity contribution in [2.75, 3.05) is 18.5 Å². The molecule has 2 N–H and O–H groups in total. The number of benzene rings is 2. The predicted octanol–water partition coefficient (Wildman–Crippen LogP) is 4.99. The van der Waals surface area contributed by atoms with Gasteiger partial charge in [-0.05, 0) is 43.3 Å². The molecule has 4 aromatic rings. The maximum absolute atomic E-state index is 12.8. The van der Waals surface area contributed by atoms with Gasteiger partial charge in [0.1, 0.15) is 0 Å². The van der Waals surface area contributed by atoms with Crippen molar-refractivity contribution in [3.63, 3.8) is 0 Å². The molecule has 4 rings (SSSR count). The van der Waals surface area contributed by atoms with E-state index in [1.165, 1.54) is 4.90 Å². The van der Waals surface area contributed by atoms with Crippen molar-refractivity contribution in [1.82, 2.24) is 20.0 Å². The van der Waals surface area contributed by atoms with Gasteiger partial charge in [0.25, 0.3) is 0 Å². The fraction of sp³-hybridized carbons (Fsp3) is 0.160. The molecule has 2 heterocycles. The zero-order chi connectivity index (χ0) is 24.9. The summed E-state index contributed by atoms with van der Waals surface area (Å²) in [6.45, 7) is 1.58. The van der Waals surface area contributed by atoms with Crippen LogP contribution in [0.5, 0.6) is 5.75 Å². The number of hydrogen-bond acceptors (Lipinski definition) is 4. The molecule has 3 amide bonds. The summed E-state index contributed by atoms with van der Waals surface area (Å²) in [6.07, 6.45) is 2.67. The van der Waals surface area contributed by atoms with Crippen LogP contribution in [-0.4, -0.2) is 34.9 Å². The summed E-state index contributed by atoms with van der Waals surface area (Å²) < 4.78 is 7.99. The number of fused-ring (bicyclic) bond motifs is 1. The lowest BCUT2D eigenvalue weighted by Crippen LogP contribution is -2.44. The number of nitrogens with one attached hydrogen (secondary N) is 2. The van der Waals surface area contributed by atoms with E-state index in [1.54, 1.807) is 49.5 Å². The van der Waals surface area contributed by atoms with Crippen LogP contribution in [0.15, 0.2) is 73.1 Å². The van der Waals surface area contributed by atoms with Crippen molar-refractivity contribution >= 4 is 46.5 Å². The number of nitrogens with zero attached hydrogens (tertiary/aromatic N) is 3. The standard InChI is InChI=1S/C25H23Cl2N5O3/c1-16-15-32-13-7-12-20(23(32)29-16)35-24(22-18(26)10-6-11-19(22)27)30-21(33)14-28-25(34)31(2)17-8-4-3-5-9-17/h3-13,15,24H,14H2,1-2H3,(H,28,34)(H,30,33). The van der Waals surface area contributed by atoms with E-state index in [0.717, 1.165) is 5.69 Å². The molecule has 0 bridgehead atoms. The first-order chi connectivity index (χ1) is 16.8. The SMILES string of the molecule is Cc1cn2cccc(OC(NC(=O)CNC(=O)N(C)c3ccccc3)c3c(Cl)cccc3Cl)c2n1. The highest BCUT2D eigenvalue weighted by Gasteiger charge is 2.24. The first kappa shape index (κ1) is 24.4. The molecule has 0 fully saturated rings. The third-order valence-corrected chi connectivity index (χ3v) is 5.87. The molecule has 0 aliphatic carbocycles. The number of amides is 3. The molecule has 2 aromatic heterocycles. The normalized spacial score (nSPS) is 11.7. The van der Waals surface area contributed by atoms with Gasteiger partial charge in [0.15, 0.2) is 11.4 Å². The van der Waals surface area contributed by atoms with Gasteiger partial charge < -0.3 is 19.8 Å². The summed E-state index contributed by atoms with van der Waals surface area (Å²) >= 11 is 12.8. The van der Waals surface area contributed by atoms with E-state index in [4.69, 9.17) is 27.9 Å². The maximum atomic E-state index is 12.8. The van der Waals surface area contributed by atoms with Crippen molar-refractivity contribution in [3.8, 4) is 5.75 Å². The predicted molar refractivity (Wildman–Crippen MR) is 136 cm³/mol. The van der Waals surface area contributed by atoms with E-state index < -0.39 is 18.2 Å². The Hall–Kier alpha value is -3.75. The Kier molecular flexibility index (Phi) is 7.43. The third-order valence-electron chi connectivity index (χ3n) is 5.21. The monoisotopic (exact) mass is 511 g/mol. The molecule has 0 saturated carbocycles. The second-order valence-electron chi connectivity index (χ2n) is 7.74. The van der Waals surface area contributed by atoms with Crippen LogP contribution in [0.25, 0.3) is 5.65 Å². The Labute approximate surface area is 212 Å². The number of anilines is 1. The number of aryl methyl sites for hydroxylation is 1. The van der Waals surface area contributed by atoms with Crippen molar-refractivity contribution in [2.24, 2.45) is 0 Å². The Balaban J connectivity index is 1.53. The van der Waals surface area contributed by atoms with Gasteiger partial charge in [-0.2, -0.15) is 0 Å². The number of carbonyl (C=O) groups is 2. The van der Waals surface area contributed by atoms with Crippen LogP contribution < -0.4 is 20.3 Å². The summed E-state index contributed by atoms with van der Waals surface area (Å²) in [7, 11) is 1.62. The van der Waals surface area contributed by atoms with Gasteiger partial charge in [0.05, 0.1) is 27.8 Å². The average Bonchev–Trinajstić information content (AvgIpc) is 3.23. The third kappa shape index (κ3) is 5.67. The van der Waals surface area contributed by atoms with Crippen LogP contribution in [0.2, 0.25) is 10.0 Å². The number of rotatable bonds is 7. The van der Waals surface area contributed by atoms with Crippen molar-refractivity contribution < 1.29 is 14.3 Å². The van der Waals surface area contributed by atoms with Gasteiger partial charge in [-0.25, -0.2) is 9.78 Å². The van der Waals surface area contributed by atoms with Crippen molar-refractivity contribution in [3.05, 3.63) is 94.4 Å². The minimum Gasteiger partial charge on any atom is -0.462 e. The summed E-state index contributed by atoms with van der Waals surface area (Å²) in [6, 6.07) is 17.2. The highest BCUT2D eigenvalue weighted by Crippen LogP contribution is 2.33. The number of carbonyl (C=O) groups excluding carboxylic acids is 2. The Morgan fingerprint density at radius 2 is 1.77 bits per heavy atom. The van der Waals surface area contributed by atoms with Crippen molar-refractivity contribution in [2.45, 2.75) is 13.2 Å². The molecule has 10 heteroatoms. The zero-order valence-corrected chi connectivity index (χ0v) is 20.5. The molecule has 1 unspecified atom stereocenters. The van der Waals surface area contributed by atoms with Gasteiger partial charge in [0.2, 0.25) is 12.1 Å². The lowest BCUT2D eigenvalue weighted by molar-refractivity contribution is -0.122. The second kappa shape index (κ2) is 10.7. The first-order valence-corrected chi connectivity index (χ1v) is 11.5. The molecule has 0 aliphatic heterocycles. The summed E-state index contributed by atoms with van der Waals surface area (Å²) in [5, 5.41) is 6.01. The number of urea groups is 1. The van der Waals surface area contributed by atoms with Gasteiger partial charge in [-0.3, -0.25) is 9.69 Å². The van der Waals surface area contributed by atoms with Crippen LogP contribution in [-0.2, 0) is 4.79 Å². The highest BCUT2D eigenvalue weighted by atomic mass is 35.5. The Morgan fingerprint density at radius 3 is 2.49 bits per heavy atom. The molecule has 2 aromatic carbocycles. The van der Waals surface area contributed by atoms with Gasteiger partial charge in [-0.1, -0.05) is 47.5 Å². The van der Waals surface area contributed by atoms with E-state index in [0.29, 0.717) is 32.7 Å². The molecular formula is C25H23Cl2N5O3. The molecule has 1 atom stereocenters. The fourth-order valence-electron chi connectivity index (χ4n) is 3.49. The number of halogens is 2. The number of aromatic nitrogens is 2. The largest absolute Gasteiger partial charge is 0.462 e. The van der Waals surface area contributed by atoms with Crippen LogP contribution in [0.1, 0.15) is 17.5 Å². The quantitative estimate of drug-likeness (QED) is 0.342. The summed E-state index contributed by atoms with van der Waals surface area (Å²) in [5.74, 6) is -0.0676. The van der Waals surface area contributed by atoms with E-state index >= 15 is 0 Å². The van der Waals surface area contributed by atoms with Crippen LogP contribution in [0.4, 0.5) is 10.5 Å². The number of pyridine rings is 1. The first-order valence-electron chi connectivity index (χ1n) is 10.7. The number of hydrogen-bond donors (Lipinski definition) is 2. The maximum Gasteiger partial charge on any atom is 0.322 e. The Bertz CT molecular complexity index is 1340. The smallest absolute Gasteiger partial charge is 0.322 e. The lowest BCUT2D eigenvalue weighted by Gasteiger charge is -2.23. The molecule has 35 heavy (non-hydrogen) atoms. The number of ether oxygens (including phenoxy) is 1. The molecule has 180 valence electrons. The van der Waals surface area contributed by atoms with Crippen LogP contribution in [0, 0.1) is 6.92 Å². The topological polar surface area (TPSA) is 88.0 Å². The van der Waals surface area contributed by atoms with Crippen LogP contribution in [0.3, 0.4) is 0 Å². The highest BCUT2D eigenvalue weighted by molar-refractivity contribution is 6.36. The van der Waals surface area contributed by atoms with E-state index in [1.807, 2.05) is 41.9 Å². The van der Waals surface area contributed by atoms with Crippen molar-refractivity contribution in [1.29, 1.82) is 0 Å². The summed E-state index contributed by atoms with van der Waals surface area (Å²) in [4.78, 5) is 31.2.